The molecule has 8 bridgehead atoms. The van der Waals surface area contributed by atoms with Crippen molar-refractivity contribution in [2.75, 3.05) is 20.3 Å². The number of allylic oxidation sites excluding steroid dienone is 3. The number of aliphatic hydroxyl groups is 1. The van der Waals surface area contributed by atoms with Crippen LogP contribution in [0.1, 0.15) is 180 Å². The van der Waals surface area contributed by atoms with Crippen LogP contribution in [0, 0.1) is 56.3 Å². The third kappa shape index (κ3) is 11.1. The summed E-state index contributed by atoms with van der Waals surface area (Å²) in [5.74, 6) is -0.727. The van der Waals surface area contributed by atoms with Crippen LogP contribution in [0.5, 0.6) is 0 Å². The highest BCUT2D eigenvalue weighted by molar-refractivity contribution is 6.24. The summed E-state index contributed by atoms with van der Waals surface area (Å²) in [7, 11) is 1.33. The fourth-order valence-electron chi connectivity index (χ4n) is 10.7. The number of H-pyrrole nitrogens is 3. The van der Waals surface area contributed by atoms with Crippen molar-refractivity contribution < 1.29 is 29.0 Å². The lowest BCUT2D eigenvalue weighted by Gasteiger charge is -2.19. The molecule has 0 amide bonds. The molecular formula is C55H78N4O6. The van der Waals surface area contributed by atoms with E-state index in [0.29, 0.717) is 35.1 Å². The van der Waals surface area contributed by atoms with Crippen LogP contribution < -0.4 is 16.0 Å². The maximum absolute atomic E-state index is 14.4. The van der Waals surface area contributed by atoms with Crippen LogP contribution >= 0.6 is 0 Å². The molecule has 1 saturated heterocycles. The maximum atomic E-state index is 14.4. The summed E-state index contributed by atoms with van der Waals surface area (Å²) in [4.78, 5) is 52.5. The number of rotatable bonds is 21. The van der Waals surface area contributed by atoms with Crippen molar-refractivity contribution in [2.45, 2.75) is 153 Å². The van der Waals surface area contributed by atoms with E-state index in [1.807, 2.05) is 13.0 Å². The number of carbonyl (C=O) groups is 3. The van der Waals surface area contributed by atoms with E-state index < -0.39 is 11.9 Å². The minimum Gasteiger partial charge on any atom is -0.468 e. The molecular weight excluding hydrogens is 813 g/mol. The highest BCUT2D eigenvalue weighted by Gasteiger charge is 2.48. The molecule has 3 aliphatic rings. The molecule has 6 atom stereocenters. The van der Waals surface area contributed by atoms with Gasteiger partial charge in [-0.15, -0.1) is 0 Å². The minimum atomic E-state index is -1.14. The third-order valence-corrected chi connectivity index (χ3v) is 15.0. The first-order valence-electron chi connectivity index (χ1n) is 24.7. The van der Waals surface area contributed by atoms with Gasteiger partial charge in [0.05, 0.1) is 12.8 Å². The van der Waals surface area contributed by atoms with Gasteiger partial charge in [0.25, 0.3) is 0 Å². The van der Waals surface area contributed by atoms with Gasteiger partial charge in [0.1, 0.15) is 12.5 Å². The Kier molecular flexibility index (Phi) is 16.9. The highest BCUT2D eigenvalue weighted by Crippen LogP contribution is 2.48. The topological polar surface area (TPSA) is 149 Å². The number of ether oxygens (including phenoxy) is 2. The molecule has 0 aromatic carbocycles. The fourth-order valence-corrected chi connectivity index (χ4v) is 10.7. The van der Waals surface area contributed by atoms with Gasteiger partial charge in [-0.2, -0.15) is 0 Å². The number of hydrogen-bond donors (Lipinski definition) is 5. The van der Waals surface area contributed by atoms with Crippen molar-refractivity contribution in [3.63, 3.8) is 0 Å². The lowest BCUT2D eigenvalue weighted by molar-refractivity contribution is -0.143. The monoisotopic (exact) mass is 891 g/mol. The Hall–Kier alpha value is -4.83. The molecule has 1 aliphatic carbocycles. The number of hydrogen-bond acceptors (Lipinski definition) is 7. The smallest absolute Gasteiger partial charge is 0.321 e. The molecule has 6 rings (SSSR count). The zero-order chi connectivity index (χ0) is 47.1. The lowest BCUT2D eigenvalue weighted by Crippen LogP contribution is -2.25. The third-order valence-electron chi connectivity index (χ3n) is 15.0. The van der Waals surface area contributed by atoms with Crippen molar-refractivity contribution >= 4 is 41.5 Å². The zero-order valence-corrected chi connectivity index (χ0v) is 41.4. The van der Waals surface area contributed by atoms with Gasteiger partial charge in [-0.3, -0.25) is 14.4 Å². The fraction of sp³-hybridized carbons (Fsp3) is 0.582. The van der Waals surface area contributed by atoms with Crippen molar-refractivity contribution in [1.82, 2.24) is 20.3 Å². The van der Waals surface area contributed by atoms with Gasteiger partial charge in [-0.25, -0.2) is 0 Å². The van der Waals surface area contributed by atoms with E-state index in [0.717, 1.165) is 82.8 Å². The number of methoxy groups -OCH3 is 1. The highest BCUT2D eigenvalue weighted by atomic mass is 16.5. The molecule has 0 radical (unpaired) electrons. The number of esters is 2. The van der Waals surface area contributed by atoms with Gasteiger partial charge in [0.15, 0.2) is 5.78 Å². The second-order valence-corrected chi connectivity index (χ2v) is 19.8. The van der Waals surface area contributed by atoms with Crippen LogP contribution in [-0.4, -0.2) is 58.1 Å². The average molecular weight is 891 g/mol. The molecule has 0 unspecified atom stereocenters. The summed E-state index contributed by atoms with van der Waals surface area (Å²) in [6.45, 7) is 22.2. The Balaban J connectivity index is 1.19. The van der Waals surface area contributed by atoms with Gasteiger partial charge in [-0.05, 0) is 136 Å². The lowest BCUT2D eigenvalue weighted by atomic mass is 9.85. The summed E-state index contributed by atoms with van der Waals surface area (Å²) < 4.78 is 11.1. The van der Waals surface area contributed by atoms with Gasteiger partial charge in [0.2, 0.25) is 0 Å². The van der Waals surface area contributed by atoms with Gasteiger partial charge < -0.3 is 34.8 Å². The molecule has 10 nitrogen and oxygen atoms in total. The number of aromatic nitrogens is 3. The number of nitrogens with one attached hydrogen (secondary N) is 4. The number of carbonyl (C=O) groups excluding carboxylic acids is 3. The van der Waals surface area contributed by atoms with E-state index in [1.165, 1.54) is 73.5 Å². The first kappa shape index (κ1) is 49.6. The standard InChI is InChI=1S/C55H78N4O6/c1-12-39-35(7)42-27-44-37(9)41(23-24-48(61)65-26-25-33(5)21-15-19-31(3)17-14-18-32(4)20-16-22-34(6)30-60)52(58-44)50-51(55(63)64-11)54(62)49-38(10)45(59-53(49)50)29-47-40(13-2)36(8)43(57-47)28-46(39)56-42/h25,27-29,31-32,34,37,41,51,56-60H,12-24,26,30H2,1-11H3/b33-25+,43-28-,44-27-,47-29-,52-50-/t31-,32+,34-,37+,41+,51-/m1/s1. The average Bonchev–Trinajstić information content (AvgIpc) is 4.02. The molecule has 354 valence electrons. The van der Waals surface area contributed by atoms with Gasteiger partial charge in [0, 0.05) is 75.2 Å². The summed E-state index contributed by atoms with van der Waals surface area (Å²) >= 11 is 0. The van der Waals surface area contributed by atoms with E-state index in [4.69, 9.17) is 9.47 Å². The van der Waals surface area contributed by atoms with Crippen molar-refractivity contribution in [1.29, 1.82) is 0 Å². The number of ketones is 1. The molecule has 5 N–H and O–H groups in total. The number of fused-ring (bicyclic) bond motifs is 7. The molecule has 1 fully saturated rings. The number of aromatic amines is 3. The van der Waals surface area contributed by atoms with E-state index in [1.54, 1.807) is 0 Å². The van der Waals surface area contributed by atoms with Crippen LogP contribution in [0.25, 0.3) is 23.8 Å². The predicted octanol–water partition coefficient (Wildman–Crippen LogP) is 9.97. The molecule has 5 heterocycles. The Bertz CT molecular complexity index is 2440. The van der Waals surface area contributed by atoms with Crippen molar-refractivity contribution in [2.24, 2.45) is 35.5 Å². The molecule has 0 saturated carbocycles. The van der Waals surface area contributed by atoms with E-state index in [-0.39, 0.29) is 43.2 Å². The van der Waals surface area contributed by atoms with E-state index in [9.17, 15) is 19.5 Å². The van der Waals surface area contributed by atoms with Crippen LogP contribution in [-0.2, 0) is 31.9 Å². The predicted molar refractivity (Wildman–Crippen MR) is 262 cm³/mol. The van der Waals surface area contributed by atoms with Crippen molar-refractivity contribution in [3.8, 4) is 0 Å². The SMILES string of the molecule is CCc1c2[nH]c(c1C)/C=C1\N/C(=C3\c4[nH]c(c(C)c4C(=O)[C@@H]3C(=O)OC)/C=c3\[nH]/c(c(C)c3CC)=C\2)[C@@H](CCC(=O)OC/C=C(\C)CCC[C@H](C)CCC[C@H](C)CCC[C@@H](C)CO)[C@@H]1C. The van der Waals surface area contributed by atoms with Crippen LogP contribution in [0.2, 0.25) is 0 Å². The molecule has 3 aromatic heterocycles. The summed E-state index contributed by atoms with van der Waals surface area (Å²) in [6, 6.07) is 0. The Morgan fingerprint density at radius 1 is 0.785 bits per heavy atom. The molecule has 2 aliphatic heterocycles. The first-order valence-corrected chi connectivity index (χ1v) is 24.7. The number of aliphatic hydroxyl groups excluding tert-OH is 1. The summed E-state index contributed by atoms with van der Waals surface area (Å²) in [6.07, 6.45) is 21.5. The molecule has 0 spiro atoms. The minimum absolute atomic E-state index is 0.0696. The van der Waals surface area contributed by atoms with Crippen LogP contribution in [0.3, 0.4) is 0 Å². The largest absolute Gasteiger partial charge is 0.468 e. The maximum Gasteiger partial charge on any atom is 0.321 e. The molecule has 3 aromatic rings. The van der Waals surface area contributed by atoms with Gasteiger partial charge in [-0.1, -0.05) is 85.6 Å². The number of Topliss-reactive ketones (excluding diaryl/α,β-unsaturated/α-hetero) is 1. The summed E-state index contributed by atoms with van der Waals surface area (Å²) in [5, 5.41) is 15.0. The van der Waals surface area contributed by atoms with E-state index in [2.05, 4.69) is 101 Å². The zero-order valence-electron chi connectivity index (χ0n) is 41.4. The molecule has 10 heteroatoms. The van der Waals surface area contributed by atoms with Crippen LogP contribution in [0.15, 0.2) is 23.0 Å². The van der Waals surface area contributed by atoms with Crippen molar-refractivity contribution in [3.05, 3.63) is 89.9 Å². The van der Waals surface area contributed by atoms with Crippen LogP contribution in [0.4, 0.5) is 0 Å². The quantitative estimate of drug-likeness (QED) is 0.0406. The first-order chi connectivity index (χ1) is 31.1. The Morgan fingerprint density at radius 2 is 1.42 bits per heavy atom. The van der Waals surface area contributed by atoms with Gasteiger partial charge >= 0.3 is 11.9 Å². The Labute approximate surface area is 387 Å². The summed E-state index contributed by atoms with van der Waals surface area (Å²) in [5.41, 5.74) is 13.1. The van der Waals surface area contributed by atoms with E-state index >= 15 is 0 Å². The second-order valence-electron chi connectivity index (χ2n) is 19.8. The second kappa shape index (κ2) is 22.1. The molecule has 65 heavy (non-hydrogen) atoms. The normalized spacial score (nSPS) is 22.3. The Morgan fingerprint density at radius 3 is 2.06 bits per heavy atom.